The van der Waals surface area contributed by atoms with Crippen LogP contribution in [0.2, 0.25) is 5.02 Å². The first-order valence-electron chi connectivity index (χ1n) is 12.3. The Morgan fingerprint density at radius 2 is 1.82 bits per heavy atom. The molecule has 2 unspecified atom stereocenters. The average molecular weight is 481 g/mol. The van der Waals surface area contributed by atoms with Crippen molar-refractivity contribution in [2.45, 2.75) is 81.1 Å². The number of amides is 2. The van der Waals surface area contributed by atoms with Crippen LogP contribution < -0.4 is 20.3 Å². The molecule has 2 aliphatic carbocycles. The third-order valence-corrected chi connectivity index (χ3v) is 7.86. The molecule has 3 heterocycles. The monoisotopic (exact) mass is 480 g/mol. The summed E-state index contributed by atoms with van der Waals surface area (Å²) in [5, 5.41) is 7.12. The largest absolute Gasteiger partial charge is 0.477 e. The number of pyridine rings is 1. The number of rotatable bonds is 7. The highest BCUT2D eigenvalue weighted by Crippen LogP contribution is 2.47. The number of anilines is 1. The summed E-state index contributed by atoms with van der Waals surface area (Å²) in [6.07, 6.45) is 9.84. The molecule has 6 rings (SSSR count). The zero-order chi connectivity index (χ0) is 23.3. The Balaban J connectivity index is 1.27. The number of piperidine rings is 1. The molecule has 2 amide bonds. The molecular weight excluding hydrogens is 452 g/mol. The van der Waals surface area contributed by atoms with E-state index in [-0.39, 0.29) is 23.9 Å². The molecule has 2 atom stereocenters. The molecule has 4 fully saturated rings. The molecule has 7 nitrogen and oxygen atoms in total. The zero-order valence-electron chi connectivity index (χ0n) is 19.1. The number of halogens is 1. The highest BCUT2D eigenvalue weighted by Gasteiger charge is 2.58. The van der Waals surface area contributed by atoms with Crippen LogP contribution in [0.4, 0.5) is 5.82 Å². The van der Waals surface area contributed by atoms with Gasteiger partial charge in [-0.3, -0.25) is 9.59 Å². The molecule has 178 valence electrons. The number of nitrogens with one attached hydrogen (secondary N) is 2. The van der Waals surface area contributed by atoms with Crippen molar-refractivity contribution in [2.24, 2.45) is 0 Å². The number of hydrogen-bond donors (Lipinski definition) is 2. The van der Waals surface area contributed by atoms with Crippen LogP contribution in [0.3, 0.4) is 0 Å². The van der Waals surface area contributed by atoms with E-state index in [0.717, 1.165) is 44.9 Å². The minimum Gasteiger partial charge on any atom is -0.477 e. The van der Waals surface area contributed by atoms with E-state index in [2.05, 4.69) is 20.5 Å². The second-order valence-electron chi connectivity index (χ2n) is 10.1. The van der Waals surface area contributed by atoms with Crippen molar-refractivity contribution in [3.8, 4) is 5.75 Å². The van der Waals surface area contributed by atoms with E-state index >= 15 is 0 Å². The lowest BCUT2D eigenvalue weighted by atomic mass is 9.95. The SMILES string of the molecule is O=C(NC1CC1)c1cccnc1N1C2CCCC1(NC(=O)C1(Oc3ccc(Cl)cc3)CC1)CC2. The smallest absolute Gasteiger partial charge is 0.266 e. The van der Waals surface area contributed by atoms with Gasteiger partial charge in [0.2, 0.25) is 0 Å². The third kappa shape index (κ3) is 3.90. The van der Waals surface area contributed by atoms with Crippen LogP contribution in [0, 0.1) is 0 Å². The van der Waals surface area contributed by atoms with E-state index in [1.165, 1.54) is 0 Å². The standard InChI is InChI=1S/C26H29ClN4O3/c27-17-5-9-20(10-6-17)34-25(14-15-25)24(33)30-26-12-1-3-19(11-13-26)31(26)22-21(4-2-16-28-22)23(32)29-18-7-8-18/h2,4-6,9-10,16,18-19H,1,3,7-8,11-15H2,(H,29,32)(H,30,33). The number of carbonyl (C=O) groups is 2. The predicted octanol–water partition coefficient (Wildman–Crippen LogP) is 4.20. The Kier molecular flexibility index (Phi) is 5.21. The molecule has 2 saturated heterocycles. The van der Waals surface area contributed by atoms with Gasteiger partial charge in [0, 0.05) is 36.1 Å². The topological polar surface area (TPSA) is 83.6 Å². The minimum atomic E-state index is -0.847. The van der Waals surface area contributed by atoms with Crippen molar-refractivity contribution in [3.63, 3.8) is 0 Å². The maximum Gasteiger partial charge on any atom is 0.266 e. The molecule has 0 spiro atoms. The average Bonchev–Trinajstić information content (AvgIpc) is 3.76. The van der Waals surface area contributed by atoms with Gasteiger partial charge in [-0.2, -0.15) is 0 Å². The lowest BCUT2D eigenvalue weighted by Crippen LogP contribution is -2.64. The molecule has 2 saturated carbocycles. The molecule has 34 heavy (non-hydrogen) atoms. The first-order chi connectivity index (χ1) is 16.5. The van der Waals surface area contributed by atoms with Gasteiger partial charge in [-0.1, -0.05) is 11.6 Å². The summed E-state index contributed by atoms with van der Waals surface area (Å²) in [6, 6.07) is 11.3. The van der Waals surface area contributed by atoms with Crippen molar-refractivity contribution < 1.29 is 14.3 Å². The fourth-order valence-corrected chi connectivity index (χ4v) is 5.64. The molecule has 1 aromatic heterocycles. The molecule has 8 heteroatoms. The van der Waals surface area contributed by atoms with Crippen molar-refractivity contribution in [2.75, 3.05) is 4.90 Å². The first-order valence-corrected chi connectivity index (χ1v) is 12.7. The quantitative estimate of drug-likeness (QED) is 0.620. The Morgan fingerprint density at radius 1 is 1.03 bits per heavy atom. The van der Waals surface area contributed by atoms with Gasteiger partial charge in [-0.25, -0.2) is 4.98 Å². The summed E-state index contributed by atoms with van der Waals surface area (Å²) in [5.74, 6) is 1.14. The molecular formula is C26H29ClN4O3. The molecule has 0 radical (unpaired) electrons. The van der Waals surface area contributed by atoms with Gasteiger partial charge in [-0.05, 0) is 81.3 Å². The van der Waals surface area contributed by atoms with Gasteiger partial charge in [0.05, 0.1) is 5.56 Å². The van der Waals surface area contributed by atoms with E-state index in [4.69, 9.17) is 16.3 Å². The number of aromatic nitrogens is 1. The second kappa shape index (κ2) is 8.15. The fraction of sp³-hybridized carbons (Fsp3) is 0.500. The number of fused-ring (bicyclic) bond motifs is 2. The summed E-state index contributed by atoms with van der Waals surface area (Å²) in [6.45, 7) is 0. The summed E-state index contributed by atoms with van der Waals surface area (Å²) < 4.78 is 6.16. The van der Waals surface area contributed by atoms with Crippen LogP contribution in [-0.4, -0.2) is 40.1 Å². The normalized spacial score (nSPS) is 26.6. The maximum absolute atomic E-state index is 13.6. The third-order valence-electron chi connectivity index (χ3n) is 7.61. The highest BCUT2D eigenvalue weighted by molar-refractivity contribution is 6.30. The van der Waals surface area contributed by atoms with Crippen molar-refractivity contribution in [1.82, 2.24) is 15.6 Å². The summed E-state index contributed by atoms with van der Waals surface area (Å²) in [4.78, 5) is 33.5. The van der Waals surface area contributed by atoms with E-state index in [1.807, 2.05) is 12.1 Å². The lowest BCUT2D eigenvalue weighted by Gasteiger charge is -2.47. The van der Waals surface area contributed by atoms with Gasteiger partial charge >= 0.3 is 0 Å². The number of nitrogens with zero attached hydrogens (tertiary/aromatic N) is 2. The molecule has 1 aromatic carbocycles. The van der Waals surface area contributed by atoms with Gasteiger partial charge in [0.1, 0.15) is 17.2 Å². The van der Waals surface area contributed by atoms with Gasteiger partial charge < -0.3 is 20.3 Å². The summed E-state index contributed by atoms with van der Waals surface area (Å²) in [5.41, 5.74) is -0.817. The van der Waals surface area contributed by atoms with Crippen LogP contribution in [0.1, 0.15) is 68.1 Å². The van der Waals surface area contributed by atoms with Crippen LogP contribution in [0.5, 0.6) is 5.75 Å². The van der Waals surface area contributed by atoms with Gasteiger partial charge in [0.25, 0.3) is 11.8 Å². The lowest BCUT2D eigenvalue weighted by molar-refractivity contribution is -0.132. The van der Waals surface area contributed by atoms with Crippen LogP contribution in [0.25, 0.3) is 0 Å². The van der Waals surface area contributed by atoms with E-state index in [0.29, 0.717) is 35.0 Å². The number of ether oxygens (including phenoxy) is 1. The maximum atomic E-state index is 13.6. The molecule has 4 aliphatic rings. The number of hydrogen-bond acceptors (Lipinski definition) is 5. The van der Waals surface area contributed by atoms with Gasteiger partial charge in [-0.15, -0.1) is 0 Å². The van der Waals surface area contributed by atoms with Crippen LogP contribution in [0.15, 0.2) is 42.6 Å². The van der Waals surface area contributed by atoms with Gasteiger partial charge in [0.15, 0.2) is 5.60 Å². The number of benzene rings is 1. The van der Waals surface area contributed by atoms with Crippen molar-refractivity contribution >= 4 is 29.2 Å². The Bertz CT molecular complexity index is 1110. The van der Waals surface area contributed by atoms with Crippen LogP contribution >= 0.6 is 11.6 Å². The van der Waals surface area contributed by atoms with Crippen molar-refractivity contribution in [3.05, 3.63) is 53.2 Å². The Morgan fingerprint density at radius 3 is 2.56 bits per heavy atom. The van der Waals surface area contributed by atoms with E-state index < -0.39 is 11.3 Å². The Labute approximate surface area is 204 Å². The predicted molar refractivity (Wildman–Crippen MR) is 129 cm³/mol. The fourth-order valence-electron chi connectivity index (χ4n) is 5.51. The zero-order valence-corrected chi connectivity index (χ0v) is 19.8. The summed E-state index contributed by atoms with van der Waals surface area (Å²) >= 11 is 6.00. The van der Waals surface area contributed by atoms with E-state index in [9.17, 15) is 9.59 Å². The molecule has 2 aromatic rings. The molecule has 2 N–H and O–H groups in total. The molecule has 2 aliphatic heterocycles. The van der Waals surface area contributed by atoms with Crippen molar-refractivity contribution in [1.29, 1.82) is 0 Å². The van der Waals surface area contributed by atoms with Crippen LogP contribution in [-0.2, 0) is 4.79 Å². The summed E-state index contributed by atoms with van der Waals surface area (Å²) in [7, 11) is 0. The minimum absolute atomic E-state index is 0.0817. The second-order valence-corrected chi connectivity index (χ2v) is 10.5. The first kappa shape index (κ1) is 21.7. The Hall–Kier alpha value is -2.80. The van der Waals surface area contributed by atoms with E-state index in [1.54, 1.807) is 30.5 Å². The highest BCUT2D eigenvalue weighted by atomic mass is 35.5. The molecule has 2 bridgehead atoms. The number of carbonyl (C=O) groups excluding carboxylic acids is 2.